The zero-order chi connectivity index (χ0) is 12.1. The summed E-state index contributed by atoms with van der Waals surface area (Å²) in [4.78, 5) is 35.4. The summed E-state index contributed by atoms with van der Waals surface area (Å²) in [6.45, 7) is 2.14. The second-order valence-corrected chi connectivity index (χ2v) is 3.40. The first kappa shape index (κ1) is 12.5. The first-order valence-electron chi connectivity index (χ1n) is 5.17. The van der Waals surface area contributed by atoms with E-state index < -0.39 is 23.9 Å². The van der Waals surface area contributed by atoms with Gasteiger partial charge in [0, 0.05) is 6.54 Å². The van der Waals surface area contributed by atoms with Gasteiger partial charge >= 0.3 is 17.8 Å². The Morgan fingerprint density at radius 2 is 2.06 bits per heavy atom. The number of ether oxygens (including phenoxy) is 2. The van der Waals surface area contributed by atoms with Gasteiger partial charge in [-0.2, -0.15) is 0 Å². The molecule has 1 amide bonds. The molecule has 1 saturated heterocycles. The zero-order valence-electron chi connectivity index (χ0n) is 9.39. The number of carbonyl (C=O) groups is 3. The molecule has 0 N–H and O–H groups in total. The summed E-state index contributed by atoms with van der Waals surface area (Å²) < 4.78 is 9.16. The number of carbonyl (C=O) groups excluding carboxylic acids is 3. The summed E-state index contributed by atoms with van der Waals surface area (Å²) in [6.07, 6.45) is 1.21. The van der Waals surface area contributed by atoms with E-state index in [0.29, 0.717) is 19.4 Å². The minimum atomic E-state index is -0.918. The lowest BCUT2D eigenvalue weighted by molar-refractivity contribution is -0.163. The van der Waals surface area contributed by atoms with Gasteiger partial charge in [0.1, 0.15) is 6.04 Å². The summed E-state index contributed by atoms with van der Waals surface area (Å²) >= 11 is 0. The van der Waals surface area contributed by atoms with Crippen LogP contribution in [0.3, 0.4) is 0 Å². The summed E-state index contributed by atoms with van der Waals surface area (Å²) in [7, 11) is 1.26. The molecule has 0 saturated carbocycles. The number of hydrogen-bond acceptors (Lipinski definition) is 5. The molecule has 16 heavy (non-hydrogen) atoms. The van der Waals surface area contributed by atoms with Crippen LogP contribution in [-0.4, -0.2) is 49.0 Å². The van der Waals surface area contributed by atoms with Crippen LogP contribution in [-0.2, 0) is 23.9 Å². The summed E-state index contributed by atoms with van der Waals surface area (Å²) in [5, 5.41) is 0. The molecule has 0 bridgehead atoms. The predicted octanol–water partition coefficient (Wildman–Crippen LogP) is -0.287. The van der Waals surface area contributed by atoms with Gasteiger partial charge in [-0.05, 0) is 19.8 Å². The Balaban J connectivity index is 2.67. The molecule has 1 aliphatic rings. The SMILES string of the molecule is CCOC(=O)C(=O)N1CCC[C@H]1C(=O)OC. The minimum Gasteiger partial charge on any atom is -0.467 e. The van der Waals surface area contributed by atoms with Crippen molar-refractivity contribution in [2.45, 2.75) is 25.8 Å². The third-order valence-electron chi connectivity index (χ3n) is 2.44. The normalized spacial score (nSPS) is 19.4. The fraction of sp³-hybridized carbons (Fsp3) is 0.700. The number of rotatable bonds is 2. The predicted molar refractivity (Wildman–Crippen MR) is 53.4 cm³/mol. The van der Waals surface area contributed by atoms with Crippen molar-refractivity contribution in [2.75, 3.05) is 20.3 Å². The molecule has 0 unspecified atom stereocenters. The van der Waals surface area contributed by atoms with Crippen molar-refractivity contribution in [1.29, 1.82) is 0 Å². The number of likely N-dealkylation sites (tertiary alicyclic amines) is 1. The smallest absolute Gasteiger partial charge is 0.397 e. The van der Waals surface area contributed by atoms with Gasteiger partial charge in [-0.3, -0.25) is 4.79 Å². The lowest BCUT2D eigenvalue weighted by Gasteiger charge is -2.21. The summed E-state index contributed by atoms with van der Waals surface area (Å²) in [5.74, 6) is -2.18. The lowest BCUT2D eigenvalue weighted by atomic mass is 10.2. The average molecular weight is 229 g/mol. The number of esters is 2. The van der Waals surface area contributed by atoms with Crippen molar-refractivity contribution in [3.63, 3.8) is 0 Å². The third kappa shape index (κ3) is 2.50. The van der Waals surface area contributed by atoms with Gasteiger partial charge in [-0.1, -0.05) is 0 Å². The number of nitrogens with zero attached hydrogens (tertiary/aromatic N) is 1. The second-order valence-electron chi connectivity index (χ2n) is 3.40. The van der Waals surface area contributed by atoms with E-state index in [4.69, 9.17) is 0 Å². The zero-order valence-corrected chi connectivity index (χ0v) is 9.39. The van der Waals surface area contributed by atoms with Crippen LogP contribution in [0.15, 0.2) is 0 Å². The Kier molecular flexibility index (Phi) is 4.28. The van der Waals surface area contributed by atoms with Gasteiger partial charge in [0.05, 0.1) is 13.7 Å². The molecule has 0 aromatic carbocycles. The molecule has 0 aliphatic carbocycles. The second kappa shape index (κ2) is 5.48. The van der Waals surface area contributed by atoms with Gasteiger partial charge in [0.15, 0.2) is 0 Å². The van der Waals surface area contributed by atoms with E-state index in [1.807, 2.05) is 0 Å². The van der Waals surface area contributed by atoms with E-state index in [0.717, 1.165) is 0 Å². The van der Waals surface area contributed by atoms with Gasteiger partial charge in [-0.15, -0.1) is 0 Å². The van der Waals surface area contributed by atoms with Crippen LogP contribution in [0.25, 0.3) is 0 Å². The topological polar surface area (TPSA) is 72.9 Å². The van der Waals surface area contributed by atoms with Crippen molar-refractivity contribution in [2.24, 2.45) is 0 Å². The van der Waals surface area contributed by atoms with Crippen LogP contribution >= 0.6 is 0 Å². The highest BCUT2D eigenvalue weighted by molar-refractivity contribution is 6.32. The molecular formula is C10H15NO5. The molecule has 90 valence electrons. The standard InChI is InChI=1S/C10H15NO5/c1-3-16-10(14)8(12)11-6-4-5-7(11)9(13)15-2/h7H,3-6H2,1-2H3/t7-/m0/s1. The molecule has 1 heterocycles. The minimum absolute atomic E-state index is 0.140. The van der Waals surface area contributed by atoms with E-state index in [-0.39, 0.29) is 6.61 Å². The van der Waals surface area contributed by atoms with Crippen LogP contribution in [0.5, 0.6) is 0 Å². The summed E-state index contributed by atoms with van der Waals surface area (Å²) in [5.41, 5.74) is 0. The van der Waals surface area contributed by atoms with Gasteiger partial charge < -0.3 is 14.4 Å². The van der Waals surface area contributed by atoms with E-state index in [2.05, 4.69) is 9.47 Å². The molecular weight excluding hydrogens is 214 g/mol. The first-order chi connectivity index (χ1) is 7.61. The quantitative estimate of drug-likeness (QED) is 0.480. The maximum absolute atomic E-state index is 11.6. The maximum Gasteiger partial charge on any atom is 0.397 e. The Morgan fingerprint density at radius 3 is 2.62 bits per heavy atom. The van der Waals surface area contributed by atoms with Gasteiger partial charge in [0.25, 0.3) is 0 Å². The van der Waals surface area contributed by atoms with Crippen LogP contribution in [0.4, 0.5) is 0 Å². The third-order valence-corrected chi connectivity index (χ3v) is 2.44. The molecule has 0 aromatic heterocycles. The van der Waals surface area contributed by atoms with Crippen molar-refractivity contribution >= 4 is 17.8 Å². The van der Waals surface area contributed by atoms with Crippen molar-refractivity contribution in [1.82, 2.24) is 4.90 Å². The molecule has 6 nitrogen and oxygen atoms in total. The molecule has 6 heteroatoms. The van der Waals surface area contributed by atoms with Crippen LogP contribution in [0.2, 0.25) is 0 Å². The number of methoxy groups -OCH3 is 1. The van der Waals surface area contributed by atoms with Crippen molar-refractivity contribution < 1.29 is 23.9 Å². The number of amides is 1. The van der Waals surface area contributed by atoms with E-state index in [1.165, 1.54) is 12.0 Å². The fourth-order valence-corrected chi connectivity index (χ4v) is 1.70. The van der Waals surface area contributed by atoms with E-state index in [9.17, 15) is 14.4 Å². The van der Waals surface area contributed by atoms with Crippen molar-refractivity contribution in [3.8, 4) is 0 Å². The van der Waals surface area contributed by atoms with Crippen molar-refractivity contribution in [3.05, 3.63) is 0 Å². The highest BCUT2D eigenvalue weighted by Gasteiger charge is 2.38. The Bertz CT molecular complexity index is 302. The van der Waals surface area contributed by atoms with E-state index in [1.54, 1.807) is 6.92 Å². The van der Waals surface area contributed by atoms with Crippen LogP contribution in [0.1, 0.15) is 19.8 Å². The molecule has 1 rings (SSSR count). The molecule has 0 radical (unpaired) electrons. The van der Waals surface area contributed by atoms with E-state index >= 15 is 0 Å². The average Bonchev–Trinajstić information content (AvgIpc) is 2.76. The summed E-state index contributed by atoms with van der Waals surface area (Å²) in [6, 6.07) is -0.651. The van der Waals surface area contributed by atoms with Crippen LogP contribution < -0.4 is 0 Å². The van der Waals surface area contributed by atoms with Gasteiger partial charge in [-0.25, -0.2) is 9.59 Å². The highest BCUT2D eigenvalue weighted by Crippen LogP contribution is 2.18. The molecule has 0 spiro atoms. The lowest BCUT2D eigenvalue weighted by Crippen LogP contribution is -2.44. The highest BCUT2D eigenvalue weighted by atomic mass is 16.5. The Hall–Kier alpha value is -1.59. The molecule has 0 aromatic rings. The fourth-order valence-electron chi connectivity index (χ4n) is 1.70. The number of hydrogen-bond donors (Lipinski definition) is 0. The Labute approximate surface area is 93.5 Å². The largest absolute Gasteiger partial charge is 0.467 e. The molecule has 1 atom stereocenters. The molecule has 1 aliphatic heterocycles. The monoisotopic (exact) mass is 229 g/mol. The van der Waals surface area contributed by atoms with Crippen LogP contribution in [0, 0.1) is 0 Å². The Morgan fingerprint density at radius 1 is 1.38 bits per heavy atom. The maximum atomic E-state index is 11.6. The first-order valence-corrected chi connectivity index (χ1v) is 5.17. The van der Waals surface area contributed by atoms with Gasteiger partial charge in [0.2, 0.25) is 0 Å². The molecule has 1 fully saturated rings.